The minimum absolute atomic E-state index is 0.126. The Labute approximate surface area is 157 Å². The molecule has 3 N–H and O–H groups in total. The first-order chi connectivity index (χ1) is 13.0. The maximum absolute atomic E-state index is 13.8. The van der Waals surface area contributed by atoms with Crippen molar-refractivity contribution in [2.24, 2.45) is 5.73 Å². The largest absolute Gasteiger partial charge is 0.484 e. The van der Waals surface area contributed by atoms with Crippen LogP contribution in [0.4, 0.5) is 10.1 Å². The van der Waals surface area contributed by atoms with Gasteiger partial charge in [-0.25, -0.2) is 4.39 Å². The zero-order chi connectivity index (χ0) is 19.3. The number of anilines is 1. The van der Waals surface area contributed by atoms with Crippen LogP contribution in [-0.4, -0.2) is 18.4 Å². The standard InChI is InChI=1S/C21H23FN2O3/c22-16-6-4-5-15(13-16)21(11-2-1-3-12-21)20(26)24-17-7-9-18(10-8-17)27-14-19(23)25/h4-10,13H,1-3,11-12,14H2,(H2,23,25)(H,24,26). The monoisotopic (exact) mass is 370 g/mol. The fraction of sp³-hybridized carbons (Fsp3) is 0.333. The van der Waals surface area contributed by atoms with Crippen molar-refractivity contribution in [2.75, 3.05) is 11.9 Å². The Kier molecular flexibility index (Phi) is 5.74. The zero-order valence-electron chi connectivity index (χ0n) is 15.0. The van der Waals surface area contributed by atoms with E-state index in [1.165, 1.54) is 12.1 Å². The lowest BCUT2D eigenvalue weighted by Gasteiger charge is -2.36. The van der Waals surface area contributed by atoms with E-state index < -0.39 is 11.3 Å². The van der Waals surface area contributed by atoms with Gasteiger partial charge in [-0.2, -0.15) is 0 Å². The summed E-state index contributed by atoms with van der Waals surface area (Å²) in [5, 5.41) is 2.95. The molecule has 1 fully saturated rings. The number of primary amides is 1. The highest BCUT2D eigenvalue weighted by atomic mass is 19.1. The Hall–Kier alpha value is -2.89. The van der Waals surface area contributed by atoms with Gasteiger partial charge in [0.15, 0.2) is 6.61 Å². The maximum Gasteiger partial charge on any atom is 0.255 e. The molecular formula is C21H23FN2O3. The molecule has 0 bridgehead atoms. The number of carbonyl (C=O) groups is 2. The van der Waals surface area contributed by atoms with Crippen molar-refractivity contribution in [3.8, 4) is 5.75 Å². The molecule has 0 aliphatic heterocycles. The summed E-state index contributed by atoms with van der Waals surface area (Å²) in [6, 6.07) is 13.1. The number of nitrogens with one attached hydrogen (secondary N) is 1. The molecule has 0 unspecified atom stereocenters. The smallest absolute Gasteiger partial charge is 0.255 e. The SMILES string of the molecule is NC(=O)COc1ccc(NC(=O)C2(c3cccc(F)c3)CCCCC2)cc1. The first-order valence-electron chi connectivity index (χ1n) is 9.08. The van der Waals surface area contributed by atoms with Crippen LogP contribution < -0.4 is 15.8 Å². The zero-order valence-corrected chi connectivity index (χ0v) is 15.0. The van der Waals surface area contributed by atoms with Crippen LogP contribution in [0.1, 0.15) is 37.7 Å². The molecule has 1 aliphatic rings. The molecule has 0 saturated heterocycles. The van der Waals surface area contributed by atoms with Crippen LogP contribution in [0.25, 0.3) is 0 Å². The summed E-state index contributed by atoms with van der Waals surface area (Å²) in [5.41, 5.74) is 5.67. The van der Waals surface area contributed by atoms with Gasteiger partial charge in [0.2, 0.25) is 5.91 Å². The number of hydrogen-bond acceptors (Lipinski definition) is 3. The number of halogens is 1. The summed E-state index contributed by atoms with van der Waals surface area (Å²) < 4.78 is 19.0. The normalized spacial score (nSPS) is 15.7. The van der Waals surface area contributed by atoms with Crippen LogP contribution >= 0.6 is 0 Å². The Morgan fingerprint density at radius 1 is 1.07 bits per heavy atom. The molecule has 1 aliphatic carbocycles. The molecule has 2 aromatic carbocycles. The van der Waals surface area contributed by atoms with Crippen molar-refractivity contribution in [3.63, 3.8) is 0 Å². The third-order valence-corrected chi connectivity index (χ3v) is 5.01. The Balaban J connectivity index is 1.78. The quantitative estimate of drug-likeness (QED) is 0.816. The first kappa shape index (κ1) is 18.9. The van der Waals surface area contributed by atoms with Crippen LogP contribution in [0.15, 0.2) is 48.5 Å². The van der Waals surface area contributed by atoms with Gasteiger partial charge in [0.1, 0.15) is 11.6 Å². The number of hydrogen-bond donors (Lipinski definition) is 2. The molecule has 27 heavy (non-hydrogen) atoms. The molecule has 5 nitrogen and oxygen atoms in total. The molecule has 0 atom stereocenters. The van der Waals surface area contributed by atoms with E-state index in [-0.39, 0.29) is 18.3 Å². The maximum atomic E-state index is 13.8. The average Bonchev–Trinajstić information content (AvgIpc) is 2.68. The highest BCUT2D eigenvalue weighted by molar-refractivity contribution is 5.99. The van der Waals surface area contributed by atoms with Gasteiger partial charge < -0.3 is 15.8 Å². The van der Waals surface area contributed by atoms with Crippen molar-refractivity contribution in [1.29, 1.82) is 0 Å². The van der Waals surface area contributed by atoms with Crippen LogP contribution in [0.5, 0.6) is 5.75 Å². The number of rotatable bonds is 6. The van der Waals surface area contributed by atoms with Gasteiger partial charge in [0, 0.05) is 5.69 Å². The topological polar surface area (TPSA) is 81.4 Å². The summed E-state index contributed by atoms with van der Waals surface area (Å²) in [5.74, 6) is -0.522. The third-order valence-electron chi connectivity index (χ3n) is 5.01. The number of nitrogens with two attached hydrogens (primary N) is 1. The van der Waals surface area contributed by atoms with Crippen LogP contribution in [0, 0.1) is 5.82 Å². The summed E-state index contributed by atoms with van der Waals surface area (Å²) in [7, 11) is 0. The van der Waals surface area contributed by atoms with Gasteiger partial charge in [-0.15, -0.1) is 0 Å². The molecule has 6 heteroatoms. The molecule has 0 aromatic heterocycles. The second-order valence-corrected chi connectivity index (χ2v) is 6.89. The lowest BCUT2D eigenvalue weighted by Crippen LogP contribution is -2.42. The lowest BCUT2D eigenvalue weighted by molar-refractivity contribution is -0.123. The molecule has 0 spiro atoms. The van der Waals surface area contributed by atoms with E-state index in [4.69, 9.17) is 10.5 Å². The summed E-state index contributed by atoms with van der Waals surface area (Å²) in [6.07, 6.45) is 4.34. The van der Waals surface area contributed by atoms with Crippen molar-refractivity contribution < 1.29 is 18.7 Å². The number of ether oxygens (including phenoxy) is 1. The molecule has 1 saturated carbocycles. The third kappa shape index (κ3) is 4.45. The summed E-state index contributed by atoms with van der Waals surface area (Å²) in [4.78, 5) is 23.9. The van der Waals surface area contributed by atoms with E-state index >= 15 is 0 Å². The number of amides is 2. The Morgan fingerprint density at radius 3 is 2.41 bits per heavy atom. The number of benzene rings is 2. The molecule has 2 aromatic rings. The molecular weight excluding hydrogens is 347 g/mol. The van der Waals surface area contributed by atoms with E-state index in [0.29, 0.717) is 24.3 Å². The molecule has 2 amide bonds. The van der Waals surface area contributed by atoms with Gasteiger partial charge in [0.25, 0.3) is 5.91 Å². The van der Waals surface area contributed by atoms with E-state index in [1.54, 1.807) is 30.3 Å². The fourth-order valence-electron chi connectivity index (χ4n) is 3.63. The van der Waals surface area contributed by atoms with E-state index in [1.807, 2.05) is 6.07 Å². The van der Waals surface area contributed by atoms with Crippen molar-refractivity contribution in [2.45, 2.75) is 37.5 Å². The molecule has 0 radical (unpaired) electrons. The molecule has 0 heterocycles. The van der Waals surface area contributed by atoms with E-state index in [0.717, 1.165) is 24.8 Å². The van der Waals surface area contributed by atoms with Gasteiger partial charge in [-0.3, -0.25) is 9.59 Å². The van der Waals surface area contributed by atoms with Crippen molar-refractivity contribution >= 4 is 17.5 Å². The molecule has 142 valence electrons. The van der Waals surface area contributed by atoms with Crippen LogP contribution in [0.2, 0.25) is 0 Å². The van der Waals surface area contributed by atoms with E-state index in [2.05, 4.69) is 5.32 Å². The lowest BCUT2D eigenvalue weighted by atomic mass is 9.68. The van der Waals surface area contributed by atoms with Gasteiger partial charge >= 0.3 is 0 Å². The Bertz CT molecular complexity index is 814. The number of carbonyl (C=O) groups excluding carboxylic acids is 2. The minimum atomic E-state index is -0.721. The minimum Gasteiger partial charge on any atom is -0.484 e. The van der Waals surface area contributed by atoms with Crippen molar-refractivity contribution in [3.05, 3.63) is 59.9 Å². The summed E-state index contributed by atoms with van der Waals surface area (Å²) >= 11 is 0. The highest BCUT2D eigenvalue weighted by Crippen LogP contribution is 2.40. The molecule has 3 rings (SSSR count). The van der Waals surface area contributed by atoms with E-state index in [9.17, 15) is 14.0 Å². The highest BCUT2D eigenvalue weighted by Gasteiger charge is 2.41. The predicted octanol–water partition coefficient (Wildman–Crippen LogP) is 3.53. The average molecular weight is 370 g/mol. The second kappa shape index (κ2) is 8.20. The fourth-order valence-corrected chi connectivity index (χ4v) is 3.63. The van der Waals surface area contributed by atoms with Gasteiger partial charge in [0.05, 0.1) is 5.41 Å². The predicted molar refractivity (Wildman–Crippen MR) is 101 cm³/mol. The van der Waals surface area contributed by atoms with Gasteiger partial charge in [-0.1, -0.05) is 31.4 Å². The second-order valence-electron chi connectivity index (χ2n) is 6.89. The Morgan fingerprint density at radius 2 is 1.78 bits per heavy atom. The van der Waals surface area contributed by atoms with Gasteiger partial charge in [-0.05, 0) is 54.8 Å². The van der Waals surface area contributed by atoms with Crippen molar-refractivity contribution in [1.82, 2.24) is 0 Å². The first-order valence-corrected chi connectivity index (χ1v) is 9.08. The van der Waals surface area contributed by atoms with Crippen LogP contribution in [0.3, 0.4) is 0 Å². The van der Waals surface area contributed by atoms with Crippen LogP contribution in [-0.2, 0) is 15.0 Å². The summed E-state index contributed by atoms with van der Waals surface area (Å²) in [6.45, 7) is -0.200.